The molecule has 2 aliphatic rings. The summed E-state index contributed by atoms with van der Waals surface area (Å²) in [5, 5.41) is 0. The van der Waals surface area contributed by atoms with Crippen LogP contribution in [0.3, 0.4) is 0 Å². The molecule has 0 amide bonds. The van der Waals surface area contributed by atoms with Crippen molar-refractivity contribution in [2.45, 2.75) is 122 Å². The SMILES string of the molecule is C=C/C=C\C1=C(C)COP(=O)(OCC2O[C@@H](n3ccc(N)nc3=O)C(F)(F)[C@@H]2OC(=O)CCCCCCCCCCCCCC)O1. The first-order chi connectivity index (χ1) is 22.0. The number of rotatable bonds is 20. The van der Waals surface area contributed by atoms with Crippen molar-refractivity contribution in [3.05, 3.63) is 58.9 Å². The molecule has 0 radical (unpaired) electrons. The minimum Gasteiger partial charge on any atom is -0.453 e. The second-order valence-electron chi connectivity index (χ2n) is 11.6. The van der Waals surface area contributed by atoms with Gasteiger partial charge in [-0.05, 0) is 31.1 Å². The highest BCUT2D eigenvalue weighted by atomic mass is 31.2. The van der Waals surface area contributed by atoms with Crippen LogP contribution in [0.25, 0.3) is 0 Å². The molecule has 0 spiro atoms. The lowest BCUT2D eigenvalue weighted by molar-refractivity contribution is -0.176. The first-order valence-corrected chi connectivity index (χ1v) is 17.6. The largest absolute Gasteiger partial charge is 0.530 e. The number of hydrogen-bond donors (Lipinski definition) is 1. The molecule has 0 aromatic carbocycles. The maximum Gasteiger partial charge on any atom is 0.530 e. The molecule has 14 heteroatoms. The van der Waals surface area contributed by atoms with Crippen molar-refractivity contribution in [1.82, 2.24) is 9.55 Å². The highest BCUT2D eigenvalue weighted by Crippen LogP contribution is 2.55. The van der Waals surface area contributed by atoms with Crippen LogP contribution in [-0.2, 0) is 32.4 Å². The fraction of sp³-hybridized carbons (Fsp3) is 0.656. The molecule has 46 heavy (non-hydrogen) atoms. The van der Waals surface area contributed by atoms with Gasteiger partial charge in [0.1, 0.15) is 17.7 Å². The number of phosphoric ester groups is 1. The van der Waals surface area contributed by atoms with Crippen LogP contribution in [0.2, 0.25) is 0 Å². The number of nitrogens with two attached hydrogens (primary N) is 1. The first kappa shape index (κ1) is 37.6. The molecule has 1 fully saturated rings. The van der Waals surface area contributed by atoms with E-state index in [2.05, 4.69) is 18.5 Å². The summed E-state index contributed by atoms with van der Waals surface area (Å²) in [5.74, 6) is -4.68. The van der Waals surface area contributed by atoms with Gasteiger partial charge in [-0.1, -0.05) is 96.3 Å². The Balaban J connectivity index is 1.58. The molecule has 2 N–H and O–H groups in total. The summed E-state index contributed by atoms with van der Waals surface area (Å²) < 4.78 is 72.2. The Morgan fingerprint density at radius 1 is 1.15 bits per heavy atom. The van der Waals surface area contributed by atoms with Gasteiger partial charge >= 0.3 is 25.4 Å². The molecule has 1 aromatic rings. The second-order valence-corrected chi connectivity index (χ2v) is 13.2. The summed E-state index contributed by atoms with van der Waals surface area (Å²) in [7, 11) is -4.26. The van der Waals surface area contributed by atoms with Crippen LogP contribution < -0.4 is 11.4 Å². The molecule has 2 unspecified atom stereocenters. The molecule has 1 saturated heterocycles. The Morgan fingerprint density at radius 3 is 2.39 bits per heavy atom. The number of ether oxygens (including phenoxy) is 2. The summed E-state index contributed by atoms with van der Waals surface area (Å²) >= 11 is 0. The highest BCUT2D eigenvalue weighted by Gasteiger charge is 2.63. The van der Waals surface area contributed by atoms with E-state index >= 15 is 8.78 Å². The number of aromatic nitrogens is 2. The van der Waals surface area contributed by atoms with Crippen molar-refractivity contribution < 1.29 is 41.2 Å². The molecule has 1 aromatic heterocycles. The first-order valence-electron chi connectivity index (χ1n) is 16.2. The highest BCUT2D eigenvalue weighted by molar-refractivity contribution is 7.48. The zero-order valence-corrected chi connectivity index (χ0v) is 27.8. The number of nitrogens with zero attached hydrogens (tertiary/aromatic N) is 2. The lowest BCUT2D eigenvalue weighted by Gasteiger charge is -2.27. The molecule has 3 heterocycles. The third kappa shape index (κ3) is 11.1. The Labute approximate surface area is 269 Å². The van der Waals surface area contributed by atoms with Gasteiger partial charge in [0.05, 0.1) is 13.2 Å². The van der Waals surface area contributed by atoms with Crippen molar-refractivity contribution >= 4 is 19.6 Å². The molecule has 258 valence electrons. The number of phosphoric acid groups is 1. The monoisotopic (exact) mass is 671 g/mol. The van der Waals surface area contributed by atoms with E-state index in [-0.39, 0.29) is 24.6 Å². The topological polar surface area (TPSA) is 141 Å². The number of carbonyl (C=O) groups excluding carboxylic acids is 1. The number of anilines is 1. The third-order valence-corrected chi connectivity index (χ3v) is 9.13. The fourth-order valence-corrected chi connectivity index (χ4v) is 6.51. The molecular weight excluding hydrogens is 623 g/mol. The van der Waals surface area contributed by atoms with Crippen LogP contribution in [0, 0.1) is 0 Å². The second kappa shape index (κ2) is 18.5. The van der Waals surface area contributed by atoms with E-state index in [1.54, 1.807) is 13.0 Å². The van der Waals surface area contributed by atoms with E-state index in [1.807, 2.05) is 0 Å². The molecule has 3 rings (SSSR count). The third-order valence-electron chi connectivity index (χ3n) is 7.80. The van der Waals surface area contributed by atoms with E-state index in [1.165, 1.54) is 57.1 Å². The minimum atomic E-state index is -4.26. The van der Waals surface area contributed by atoms with Gasteiger partial charge in [0, 0.05) is 12.6 Å². The van der Waals surface area contributed by atoms with Crippen LogP contribution >= 0.6 is 7.82 Å². The van der Waals surface area contributed by atoms with Crippen molar-refractivity contribution in [3.63, 3.8) is 0 Å². The molecule has 2 aliphatic heterocycles. The van der Waals surface area contributed by atoms with E-state index in [4.69, 9.17) is 28.8 Å². The van der Waals surface area contributed by atoms with E-state index in [0.717, 1.165) is 37.9 Å². The van der Waals surface area contributed by atoms with Crippen LogP contribution in [0.5, 0.6) is 0 Å². The van der Waals surface area contributed by atoms with E-state index in [9.17, 15) is 14.2 Å². The maximum atomic E-state index is 15.8. The van der Waals surface area contributed by atoms with Crippen LogP contribution in [0.15, 0.2) is 53.2 Å². The summed E-state index contributed by atoms with van der Waals surface area (Å²) in [5.41, 5.74) is 5.05. The van der Waals surface area contributed by atoms with Crippen molar-refractivity contribution in [2.75, 3.05) is 18.9 Å². The number of esters is 1. The lowest BCUT2D eigenvalue weighted by Crippen LogP contribution is -2.44. The number of hydrogen-bond acceptors (Lipinski definition) is 10. The number of halogens is 2. The van der Waals surface area contributed by atoms with Gasteiger partial charge < -0.3 is 19.7 Å². The average Bonchev–Trinajstić information content (AvgIpc) is 3.26. The molecule has 4 atom stereocenters. The normalized spacial score (nSPS) is 24.3. The predicted molar refractivity (Wildman–Crippen MR) is 170 cm³/mol. The van der Waals surface area contributed by atoms with Gasteiger partial charge in [-0.3, -0.25) is 18.4 Å². The maximum absolute atomic E-state index is 15.8. The quantitative estimate of drug-likeness (QED) is 0.0639. The van der Waals surface area contributed by atoms with Crippen molar-refractivity contribution in [1.29, 1.82) is 0 Å². The fourth-order valence-electron chi connectivity index (χ4n) is 5.19. The van der Waals surface area contributed by atoms with Gasteiger partial charge in [-0.25, -0.2) is 9.36 Å². The average molecular weight is 672 g/mol. The number of carbonyl (C=O) groups is 1. The standard InChI is InChI=1S/C32H48F2N3O8P/c1-4-6-8-9-10-11-12-13-14-15-16-17-19-28(38)44-29-26(23-42-46(40)41-22-24(3)25(45-46)18-7-5-2)43-30(32(29,33)34)37-21-20-27(35)36-31(37)39/h5,7,18,20-21,26,29-30H,2,4,6,8-17,19,22-23H2,1,3H3,(H2,35,36,39)/b18-7-/t26?,29-,30-,46?/m1/s1. The molecule has 0 bridgehead atoms. The Morgan fingerprint density at radius 2 is 1.78 bits per heavy atom. The summed E-state index contributed by atoms with van der Waals surface area (Å²) in [6.07, 6.45) is 12.7. The summed E-state index contributed by atoms with van der Waals surface area (Å²) in [4.78, 5) is 28.6. The Bertz CT molecular complexity index is 1320. The number of allylic oxidation sites excluding steroid dienone is 3. The van der Waals surface area contributed by atoms with E-state index < -0.39 is 50.4 Å². The molecule has 0 saturated carbocycles. The Hall–Kier alpha value is -2.86. The number of alkyl halides is 2. The van der Waals surface area contributed by atoms with Gasteiger partial charge in [0.25, 0.3) is 0 Å². The van der Waals surface area contributed by atoms with Crippen molar-refractivity contribution in [2.24, 2.45) is 0 Å². The molecular formula is C32H48F2N3O8P. The minimum absolute atomic E-state index is 0.0700. The summed E-state index contributed by atoms with van der Waals surface area (Å²) in [6, 6.07) is 1.16. The molecule has 0 aliphatic carbocycles. The van der Waals surface area contributed by atoms with Crippen molar-refractivity contribution in [3.8, 4) is 0 Å². The number of nitrogen functional groups attached to an aromatic ring is 1. The van der Waals surface area contributed by atoms with Gasteiger partial charge in [0.2, 0.25) is 6.23 Å². The zero-order valence-electron chi connectivity index (χ0n) is 26.9. The van der Waals surface area contributed by atoms with Gasteiger partial charge in [-0.15, -0.1) is 0 Å². The lowest BCUT2D eigenvalue weighted by atomic mass is 10.0. The van der Waals surface area contributed by atoms with Gasteiger partial charge in [-0.2, -0.15) is 13.8 Å². The van der Waals surface area contributed by atoms with Crippen LogP contribution in [0.4, 0.5) is 14.6 Å². The smallest absolute Gasteiger partial charge is 0.453 e. The molecule has 11 nitrogen and oxygen atoms in total. The van der Waals surface area contributed by atoms with Crippen LogP contribution in [0.1, 0.15) is 104 Å². The zero-order chi connectivity index (χ0) is 33.6. The Kier molecular flexibility index (Phi) is 15.1. The summed E-state index contributed by atoms with van der Waals surface area (Å²) in [6.45, 7) is 6.62. The van der Waals surface area contributed by atoms with E-state index in [0.29, 0.717) is 16.6 Å². The van der Waals surface area contributed by atoms with Gasteiger partial charge in [0.15, 0.2) is 6.10 Å². The predicted octanol–water partition coefficient (Wildman–Crippen LogP) is 7.55. The van der Waals surface area contributed by atoms with Crippen LogP contribution in [-0.4, -0.2) is 46.9 Å². The number of unbranched alkanes of at least 4 members (excludes halogenated alkanes) is 11.